The van der Waals surface area contributed by atoms with Crippen LogP contribution in [0.5, 0.6) is 0 Å². The third-order valence-electron chi connectivity index (χ3n) is 5.80. The molecule has 2 aliphatic heterocycles. The van der Waals surface area contributed by atoms with Crippen LogP contribution < -0.4 is 0 Å². The van der Waals surface area contributed by atoms with Crippen molar-refractivity contribution in [2.45, 2.75) is 96.6 Å². The van der Waals surface area contributed by atoms with Crippen molar-refractivity contribution in [2.24, 2.45) is 17.8 Å². The van der Waals surface area contributed by atoms with E-state index in [9.17, 15) is 10.2 Å². The Kier molecular flexibility index (Phi) is 6.74. The first-order valence-corrected chi connectivity index (χ1v) is 9.75. The molecule has 0 aliphatic carbocycles. The van der Waals surface area contributed by atoms with Crippen LogP contribution >= 0.6 is 0 Å². The molecule has 0 spiro atoms. The van der Waals surface area contributed by atoms with Gasteiger partial charge in [-0.2, -0.15) is 0 Å². The summed E-state index contributed by atoms with van der Waals surface area (Å²) < 4.78 is 11.9. The Morgan fingerprint density at radius 3 is 2.21 bits per heavy atom. The van der Waals surface area contributed by atoms with Gasteiger partial charge in [-0.3, -0.25) is 0 Å². The molecule has 2 N–H and O–H groups in total. The van der Waals surface area contributed by atoms with Gasteiger partial charge in [0.25, 0.3) is 0 Å². The largest absolute Gasteiger partial charge is 0.390 e. The van der Waals surface area contributed by atoms with Crippen molar-refractivity contribution in [3.05, 3.63) is 0 Å². The smallest absolute Gasteiger partial charge is 0.0694 e. The molecule has 0 saturated carbocycles. The van der Waals surface area contributed by atoms with Crippen molar-refractivity contribution < 1.29 is 19.7 Å². The predicted octanol–water partition coefficient (Wildman–Crippen LogP) is 3.53. The summed E-state index contributed by atoms with van der Waals surface area (Å²) >= 11 is 0. The topological polar surface area (TPSA) is 58.9 Å². The molecule has 2 heterocycles. The Morgan fingerprint density at radius 2 is 1.62 bits per heavy atom. The number of aliphatic hydroxyl groups is 2. The van der Waals surface area contributed by atoms with Gasteiger partial charge < -0.3 is 19.7 Å². The summed E-state index contributed by atoms with van der Waals surface area (Å²) in [7, 11) is 0. The normalized spacial score (nSPS) is 42.2. The van der Waals surface area contributed by atoms with E-state index in [0.717, 1.165) is 32.1 Å². The van der Waals surface area contributed by atoms with E-state index in [2.05, 4.69) is 20.8 Å². The van der Waals surface area contributed by atoms with Gasteiger partial charge in [-0.1, -0.05) is 20.8 Å². The lowest BCUT2D eigenvalue weighted by atomic mass is 9.75. The van der Waals surface area contributed by atoms with Crippen LogP contribution in [0, 0.1) is 17.8 Å². The molecule has 0 aromatic carbocycles. The van der Waals surface area contributed by atoms with E-state index in [0.29, 0.717) is 31.5 Å². The van der Waals surface area contributed by atoms with Crippen molar-refractivity contribution >= 4 is 0 Å². The molecule has 2 rings (SSSR count). The van der Waals surface area contributed by atoms with E-state index in [-0.39, 0.29) is 18.1 Å². The molecule has 4 nitrogen and oxygen atoms in total. The fraction of sp³-hybridized carbons (Fsp3) is 1.00. The van der Waals surface area contributed by atoms with E-state index in [1.54, 1.807) is 0 Å². The average Bonchev–Trinajstić information content (AvgIpc) is 2.39. The zero-order valence-corrected chi connectivity index (χ0v) is 16.3. The summed E-state index contributed by atoms with van der Waals surface area (Å²) in [6.07, 6.45) is 5.39. The average molecular weight is 343 g/mol. The van der Waals surface area contributed by atoms with Crippen molar-refractivity contribution in [1.29, 1.82) is 0 Å². The number of ether oxygens (including phenoxy) is 2. The highest BCUT2D eigenvalue weighted by Gasteiger charge is 2.40. The third-order valence-corrected chi connectivity index (χ3v) is 5.80. The molecule has 2 unspecified atom stereocenters. The lowest BCUT2D eigenvalue weighted by molar-refractivity contribution is -0.148. The van der Waals surface area contributed by atoms with Crippen LogP contribution in [0.4, 0.5) is 0 Å². The fourth-order valence-electron chi connectivity index (χ4n) is 4.40. The summed E-state index contributed by atoms with van der Waals surface area (Å²) in [5.41, 5.74) is -1.24. The summed E-state index contributed by atoms with van der Waals surface area (Å²) in [6.45, 7) is 11.8. The van der Waals surface area contributed by atoms with E-state index in [1.807, 2.05) is 13.8 Å². The van der Waals surface area contributed by atoms with Gasteiger partial charge in [0.15, 0.2) is 0 Å². The Labute approximate surface area is 147 Å². The molecule has 2 saturated heterocycles. The predicted molar refractivity (Wildman–Crippen MR) is 95.9 cm³/mol. The molecule has 142 valence electrons. The van der Waals surface area contributed by atoms with Crippen molar-refractivity contribution in [2.75, 3.05) is 13.2 Å². The number of hydrogen-bond donors (Lipinski definition) is 2. The zero-order valence-electron chi connectivity index (χ0n) is 16.3. The minimum Gasteiger partial charge on any atom is -0.390 e. The SMILES string of the molecule is CC(C)C[C@@H]1C[C@](C)(O)C(CC(C)C[C@H]2C[C@@](C)(O)CCO2)CO1. The highest BCUT2D eigenvalue weighted by Crippen LogP contribution is 2.37. The summed E-state index contributed by atoms with van der Waals surface area (Å²) in [5.74, 6) is 1.23. The Balaban J connectivity index is 1.82. The summed E-state index contributed by atoms with van der Waals surface area (Å²) in [6, 6.07) is 0. The van der Waals surface area contributed by atoms with E-state index >= 15 is 0 Å². The van der Waals surface area contributed by atoms with Crippen LogP contribution in [0.3, 0.4) is 0 Å². The first-order valence-electron chi connectivity index (χ1n) is 9.75. The van der Waals surface area contributed by atoms with Gasteiger partial charge in [0.2, 0.25) is 0 Å². The van der Waals surface area contributed by atoms with Gasteiger partial charge in [-0.15, -0.1) is 0 Å². The molecule has 0 aromatic rings. The second-order valence-corrected chi connectivity index (χ2v) is 9.36. The fourth-order valence-corrected chi connectivity index (χ4v) is 4.40. The van der Waals surface area contributed by atoms with Crippen LogP contribution in [0.25, 0.3) is 0 Å². The van der Waals surface area contributed by atoms with Gasteiger partial charge >= 0.3 is 0 Å². The molecule has 0 amide bonds. The molecular formula is C20H38O4. The zero-order chi connectivity index (χ0) is 18.0. The second-order valence-electron chi connectivity index (χ2n) is 9.36. The maximum atomic E-state index is 10.9. The highest BCUT2D eigenvalue weighted by molar-refractivity contribution is 4.91. The van der Waals surface area contributed by atoms with E-state index < -0.39 is 11.2 Å². The van der Waals surface area contributed by atoms with Crippen LogP contribution in [0.1, 0.15) is 73.1 Å². The van der Waals surface area contributed by atoms with Crippen molar-refractivity contribution in [1.82, 2.24) is 0 Å². The Morgan fingerprint density at radius 1 is 0.958 bits per heavy atom. The minimum absolute atomic E-state index is 0.131. The standard InChI is InChI=1S/C20H38O4/c1-14(2)8-17-12-20(5,22)16(13-24-17)9-15(3)10-18-11-19(4,21)6-7-23-18/h14-18,21-22H,6-13H2,1-5H3/t15?,16?,17-,18+,19+,20+/m1/s1. The molecule has 6 atom stereocenters. The summed E-state index contributed by atoms with van der Waals surface area (Å²) in [5, 5.41) is 21.1. The Bertz CT molecular complexity index is 391. The van der Waals surface area contributed by atoms with Crippen LogP contribution in [0.15, 0.2) is 0 Å². The van der Waals surface area contributed by atoms with Crippen LogP contribution in [-0.4, -0.2) is 46.8 Å². The molecule has 2 aliphatic rings. The molecule has 2 fully saturated rings. The van der Waals surface area contributed by atoms with Crippen molar-refractivity contribution in [3.63, 3.8) is 0 Å². The lowest BCUT2D eigenvalue weighted by Gasteiger charge is -2.43. The maximum Gasteiger partial charge on any atom is 0.0694 e. The second kappa shape index (κ2) is 8.03. The van der Waals surface area contributed by atoms with Gasteiger partial charge in [-0.25, -0.2) is 0 Å². The summed E-state index contributed by atoms with van der Waals surface area (Å²) in [4.78, 5) is 0. The van der Waals surface area contributed by atoms with Gasteiger partial charge in [0.05, 0.1) is 30.0 Å². The van der Waals surface area contributed by atoms with E-state index in [4.69, 9.17) is 9.47 Å². The van der Waals surface area contributed by atoms with Gasteiger partial charge in [0.1, 0.15) is 0 Å². The van der Waals surface area contributed by atoms with Crippen LogP contribution in [-0.2, 0) is 9.47 Å². The molecule has 0 bridgehead atoms. The Hall–Kier alpha value is -0.160. The first kappa shape index (κ1) is 20.2. The van der Waals surface area contributed by atoms with Gasteiger partial charge in [0, 0.05) is 25.4 Å². The lowest BCUT2D eigenvalue weighted by Crippen LogP contribution is -2.47. The molecular weight excluding hydrogens is 304 g/mol. The highest BCUT2D eigenvalue weighted by atomic mass is 16.5. The molecule has 24 heavy (non-hydrogen) atoms. The number of hydrogen-bond acceptors (Lipinski definition) is 4. The monoisotopic (exact) mass is 342 g/mol. The molecule has 0 radical (unpaired) electrons. The minimum atomic E-state index is -0.648. The van der Waals surface area contributed by atoms with Gasteiger partial charge in [-0.05, 0) is 51.4 Å². The first-order chi connectivity index (χ1) is 11.1. The molecule has 0 aromatic heterocycles. The number of rotatable bonds is 6. The molecule has 4 heteroatoms. The third kappa shape index (κ3) is 5.98. The maximum absolute atomic E-state index is 10.9. The quantitative estimate of drug-likeness (QED) is 0.775. The van der Waals surface area contributed by atoms with Crippen LogP contribution in [0.2, 0.25) is 0 Å². The van der Waals surface area contributed by atoms with Crippen molar-refractivity contribution in [3.8, 4) is 0 Å². The van der Waals surface area contributed by atoms with E-state index in [1.165, 1.54) is 0 Å².